The Balaban J connectivity index is 1.86. The summed E-state index contributed by atoms with van der Waals surface area (Å²) in [4.78, 5) is 12.5. The molecule has 4 heteroatoms. The van der Waals surface area contributed by atoms with E-state index in [4.69, 9.17) is 4.74 Å². The average Bonchev–Trinajstić information content (AvgIpc) is 2.62. The zero-order chi connectivity index (χ0) is 18.0. The van der Waals surface area contributed by atoms with Crippen LogP contribution in [0.15, 0.2) is 48.5 Å². The number of aromatic hydroxyl groups is 1. The molecule has 0 aliphatic carbocycles. The van der Waals surface area contributed by atoms with Gasteiger partial charge < -0.3 is 15.2 Å². The van der Waals surface area contributed by atoms with Crippen molar-refractivity contribution in [1.82, 2.24) is 0 Å². The van der Waals surface area contributed by atoms with E-state index in [1.807, 2.05) is 49.4 Å². The molecule has 0 saturated carbocycles. The van der Waals surface area contributed by atoms with Gasteiger partial charge >= 0.3 is 0 Å². The molecule has 3 aromatic rings. The number of fused-ring (bicyclic) bond motifs is 1. The van der Waals surface area contributed by atoms with Crippen LogP contribution in [0.3, 0.4) is 0 Å². The van der Waals surface area contributed by atoms with E-state index in [0.717, 1.165) is 27.6 Å². The first-order valence-electron chi connectivity index (χ1n) is 8.14. The molecule has 3 rings (SSSR count). The SMILES string of the molecule is COc1ccc2cccc(CC(=O)Nc3ccc(C)c(O)c3C)c2c1. The summed E-state index contributed by atoms with van der Waals surface area (Å²) in [5.74, 6) is 0.856. The second-order valence-electron chi connectivity index (χ2n) is 6.13. The lowest BCUT2D eigenvalue weighted by molar-refractivity contribution is -0.115. The number of rotatable bonds is 4. The fourth-order valence-corrected chi connectivity index (χ4v) is 2.94. The second kappa shape index (κ2) is 6.85. The lowest BCUT2D eigenvalue weighted by atomic mass is 10.0. The standard InChI is InChI=1S/C21H21NO3/c1-13-7-10-19(14(2)21(13)24)22-20(23)11-16-6-4-5-15-8-9-17(25-3)12-18(15)16/h4-10,12,24H,11H2,1-3H3,(H,22,23). The van der Waals surface area contributed by atoms with Gasteiger partial charge in [0, 0.05) is 11.3 Å². The van der Waals surface area contributed by atoms with Gasteiger partial charge in [0.15, 0.2) is 0 Å². The molecule has 0 bridgehead atoms. The smallest absolute Gasteiger partial charge is 0.228 e. The van der Waals surface area contributed by atoms with Crippen LogP contribution < -0.4 is 10.1 Å². The predicted octanol–water partition coefficient (Wildman–Crippen LogP) is 4.35. The van der Waals surface area contributed by atoms with Crippen molar-refractivity contribution in [3.8, 4) is 11.5 Å². The molecule has 2 N–H and O–H groups in total. The van der Waals surface area contributed by atoms with E-state index in [1.54, 1.807) is 20.1 Å². The Morgan fingerprint density at radius 1 is 1.12 bits per heavy atom. The molecule has 128 valence electrons. The van der Waals surface area contributed by atoms with Crippen molar-refractivity contribution in [2.45, 2.75) is 20.3 Å². The summed E-state index contributed by atoms with van der Waals surface area (Å²) in [6.45, 7) is 3.62. The summed E-state index contributed by atoms with van der Waals surface area (Å²) in [5, 5.41) is 15.0. The van der Waals surface area contributed by atoms with E-state index < -0.39 is 0 Å². The molecule has 0 atom stereocenters. The molecule has 0 saturated heterocycles. The van der Waals surface area contributed by atoms with E-state index in [-0.39, 0.29) is 18.1 Å². The molecule has 3 aromatic carbocycles. The lowest BCUT2D eigenvalue weighted by Gasteiger charge is -2.12. The van der Waals surface area contributed by atoms with Gasteiger partial charge in [-0.3, -0.25) is 4.79 Å². The van der Waals surface area contributed by atoms with Gasteiger partial charge in [-0.1, -0.05) is 30.3 Å². The highest BCUT2D eigenvalue weighted by Gasteiger charge is 2.11. The van der Waals surface area contributed by atoms with Crippen molar-refractivity contribution in [2.75, 3.05) is 12.4 Å². The highest BCUT2D eigenvalue weighted by atomic mass is 16.5. The van der Waals surface area contributed by atoms with Gasteiger partial charge in [0.2, 0.25) is 5.91 Å². The first kappa shape index (κ1) is 16.8. The normalized spacial score (nSPS) is 10.7. The largest absolute Gasteiger partial charge is 0.507 e. The van der Waals surface area contributed by atoms with E-state index in [2.05, 4.69) is 5.32 Å². The second-order valence-corrected chi connectivity index (χ2v) is 6.13. The summed E-state index contributed by atoms with van der Waals surface area (Å²) in [7, 11) is 1.63. The number of amides is 1. The number of anilines is 1. The Morgan fingerprint density at radius 3 is 2.68 bits per heavy atom. The Bertz CT molecular complexity index is 947. The van der Waals surface area contributed by atoms with Crippen LogP contribution >= 0.6 is 0 Å². The minimum Gasteiger partial charge on any atom is -0.507 e. The fourth-order valence-electron chi connectivity index (χ4n) is 2.94. The highest BCUT2D eigenvalue weighted by Crippen LogP contribution is 2.29. The van der Waals surface area contributed by atoms with E-state index >= 15 is 0 Å². The topological polar surface area (TPSA) is 58.6 Å². The average molecular weight is 335 g/mol. The van der Waals surface area contributed by atoms with Crippen LogP contribution in [0.2, 0.25) is 0 Å². The molecule has 25 heavy (non-hydrogen) atoms. The van der Waals surface area contributed by atoms with Gasteiger partial charge in [0.25, 0.3) is 0 Å². The number of methoxy groups -OCH3 is 1. The maximum Gasteiger partial charge on any atom is 0.228 e. The van der Waals surface area contributed by atoms with E-state index in [1.165, 1.54) is 0 Å². The van der Waals surface area contributed by atoms with Gasteiger partial charge in [-0.2, -0.15) is 0 Å². The summed E-state index contributed by atoms with van der Waals surface area (Å²) in [6.07, 6.45) is 0.249. The van der Waals surface area contributed by atoms with Crippen LogP contribution in [0.5, 0.6) is 11.5 Å². The highest BCUT2D eigenvalue weighted by molar-refractivity contribution is 5.97. The summed E-state index contributed by atoms with van der Waals surface area (Å²) in [6, 6.07) is 15.3. The molecule has 0 unspecified atom stereocenters. The number of benzene rings is 3. The molecule has 0 spiro atoms. The van der Waals surface area contributed by atoms with Gasteiger partial charge in [0.1, 0.15) is 11.5 Å². The van der Waals surface area contributed by atoms with Crippen molar-refractivity contribution in [2.24, 2.45) is 0 Å². The number of carbonyl (C=O) groups is 1. The van der Waals surface area contributed by atoms with Gasteiger partial charge in [-0.25, -0.2) is 0 Å². The number of carbonyl (C=O) groups excluding carboxylic acids is 1. The molecule has 0 aromatic heterocycles. The summed E-state index contributed by atoms with van der Waals surface area (Å²) >= 11 is 0. The van der Waals surface area contributed by atoms with Crippen LogP contribution in [0.1, 0.15) is 16.7 Å². The number of phenolic OH excluding ortho intramolecular Hbond substituents is 1. The van der Waals surface area contributed by atoms with E-state index in [9.17, 15) is 9.90 Å². The number of hydrogen-bond acceptors (Lipinski definition) is 3. The first-order valence-corrected chi connectivity index (χ1v) is 8.14. The Hall–Kier alpha value is -3.01. The lowest BCUT2D eigenvalue weighted by Crippen LogP contribution is -2.15. The van der Waals surface area contributed by atoms with Crippen molar-refractivity contribution < 1.29 is 14.6 Å². The third-order valence-corrected chi connectivity index (χ3v) is 4.44. The van der Waals surface area contributed by atoms with Crippen LogP contribution in [-0.2, 0) is 11.2 Å². The van der Waals surface area contributed by atoms with Gasteiger partial charge in [-0.05, 0) is 53.9 Å². The van der Waals surface area contributed by atoms with Crippen LogP contribution in [-0.4, -0.2) is 18.1 Å². The minimum absolute atomic E-state index is 0.123. The molecule has 4 nitrogen and oxygen atoms in total. The zero-order valence-corrected chi connectivity index (χ0v) is 14.6. The fraction of sp³-hybridized carbons (Fsp3) is 0.190. The molecular formula is C21H21NO3. The summed E-state index contributed by atoms with van der Waals surface area (Å²) in [5.41, 5.74) is 3.03. The van der Waals surface area contributed by atoms with Gasteiger partial charge in [-0.15, -0.1) is 0 Å². The van der Waals surface area contributed by atoms with Crippen molar-refractivity contribution in [3.63, 3.8) is 0 Å². The zero-order valence-electron chi connectivity index (χ0n) is 14.6. The Labute approximate surface area is 147 Å². The molecular weight excluding hydrogens is 314 g/mol. The molecule has 1 amide bonds. The van der Waals surface area contributed by atoms with Crippen LogP contribution in [0, 0.1) is 13.8 Å². The van der Waals surface area contributed by atoms with Crippen molar-refractivity contribution in [1.29, 1.82) is 0 Å². The predicted molar refractivity (Wildman–Crippen MR) is 100 cm³/mol. The van der Waals surface area contributed by atoms with Gasteiger partial charge in [0.05, 0.1) is 13.5 Å². The number of phenols is 1. The number of hydrogen-bond donors (Lipinski definition) is 2. The maximum absolute atomic E-state index is 12.5. The van der Waals surface area contributed by atoms with E-state index in [0.29, 0.717) is 11.3 Å². The molecule has 0 radical (unpaired) electrons. The van der Waals surface area contributed by atoms with Crippen molar-refractivity contribution in [3.05, 3.63) is 65.2 Å². The van der Waals surface area contributed by atoms with Crippen LogP contribution in [0.4, 0.5) is 5.69 Å². The number of nitrogens with one attached hydrogen (secondary N) is 1. The number of ether oxygens (including phenoxy) is 1. The number of aryl methyl sites for hydroxylation is 1. The van der Waals surface area contributed by atoms with Crippen LogP contribution in [0.25, 0.3) is 10.8 Å². The maximum atomic E-state index is 12.5. The monoisotopic (exact) mass is 335 g/mol. The minimum atomic E-state index is -0.123. The third-order valence-electron chi connectivity index (χ3n) is 4.44. The molecule has 0 fully saturated rings. The Kier molecular flexibility index (Phi) is 4.61. The molecule has 0 aliphatic rings. The quantitative estimate of drug-likeness (QED) is 0.745. The molecule has 0 heterocycles. The third kappa shape index (κ3) is 3.43. The molecule has 0 aliphatic heterocycles. The first-order chi connectivity index (χ1) is 12.0. The van der Waals surface area contributed by atoms with Crippen molar-refractivity contribution >= 4 is 22.4 Å². The Morgan fingerprint density at radius 2 is 1.92 bits per heavy atom. The summed E-state index contributed by atoms with van der Waals surface area (Å²) < 4.78 is 5.29.